The van der Waals surface area contributed by atoms with Gasteiger partial charge in [-0.3, -0.25) is 0 Å². The standard InChI is InChI=1S/C8H17N.C7H17N.C6H10N2.C5H13N/c1-8(2)9-6-4-3-5-7-9;1-5-8(6-2)7(3)4;1-6(2)8-4-3-7-5-8;1-5(2)6(3)4/h8H,3-7H2,1-2H3;7H,5-6H2,1-4H3;3-6H,1-2H3;5H,1-4H3. The minimum atomic E-state index is 0.539. The zero-order valence-electron chi connectivity index (χ0n) is 23.2. The van der Waals surface area contributed by atoms with Gasteiger partial charge in [-0.2, -0.15) is 0 Å². The lowest BCUT2D eigenvalue weighted by molar-refractivity contribution is 0.185. The molecule has 0 atom stereocenters. The number of imidazole rings is 1. The number of likely N-dealkylation sites (tertiary alicyclic amines) is 1. The maximum Gasteiger partial charge on any atom is 0.0948 e. The van der Waals surface area contributed by atoms with Gasteiger partial charge in [-0.1, -0.05) is 20.3 Å². The third-order valence-corrected chi connectivity index (χ3v) is 5.82. The van der Waals surface area contributed by atoms with Crippen LogP contribution in [0.4, 0.5) is 0 Å². The number of hydrogen-bond donors (Lipinski definition) is 0. The monoisotopic (exact) mass is 439 g/mol. The first kappa shape index (κ1) is 32.3. The highest BCUT2D eigenvalue weighted by Gasteiger charge is 2.11. The Kier molecular flexibility index (Phi) is 20.6. The molecule has 1 aromatic rings. The minimum absolute atomic E-state index is 0.539. The van der Waals surface area contributed by atoms with Crippen LogP contribution in [-0.2, 0) is 0 Å². The molecule has 0 aliphatic carbocycles. The Morgan fingerprint density at radius 2 is 1.26 bits per heavy atom. The first-order valence-corrected chi connectivity index (χ1v) is 12.6. The van der Waals surface area contributed by atoms with Crippen LogP contribution in [0.15, 0.2) is 18.7 Å². The van der Waals surface area contributed by atoms with Crippen molar-refractivity contribution in [3.63, 3.8) is 0 Å². The van der Waals surface area contributed by atoms with Gasteiger partial charge in [0.2, 0.25) is 0 Å². The van der Waals surface area contributed by atoms with Crippen molar-refractivity contribution in [2.24, 2.45) is 0 Å². The van der Waals surface area contributed by atoms with E-state index >= 15 is 0 Å². The van der Waals surface area contributed by atoms with Gasteiger partial charge in [-0.05, 0) is 109 Å². The van der Waals surface area contributed by atoms with Gasteiger partial charge in [0.1, 0.15) is 0 Å². The Morgan fingerprint density at radius 1 is 0.774 bits per heavy atom. The normalized spacial score (nSPS) is 14.4. The van der Waals surface area contributed by atoms with Gasteiger partial charge in [-0.25, -0.2) is 4.98 Å². The van der Waals surface area contributed by atoms with Crippen LogP contribution in [-0.4, -0.2) is 82.7 Å². The minimum Gasteiger partial charge on any atom is -0.335 e. The molecule has 1 aliphatic rings. The average molecular weight is 440 g/mol. The molecule has 0 N–H and O–H groups in total. The highest BCUT2D eigenvalue weighted by atomic mass is 15.1. The Hall–Kier alpha value is -0.910. The van der Waals surface area contributed by atoms with E-state index in [1.807, 2.05) is 12.5 Å². The molecule has 1 fully saturated rings. The van der Waals surface area contributed by atoms with Crippen molar-refractivity contribution < 1.29 is 0 Å². The van der Waals surface area contributed by atoms with E-state index < -0.39 is 0 Å². The van der Waals surface area contributed by atoms with E-state index in [2.05, 4.69) is 108 Å². The number of nitrogens with zero attached hydrogens (tertiary/aromatic N) is 5. The van der Waals surface area contributed by atoms with Gasteiger partial charge in [0.25, 0.3) is 0 Å². The molecular formula is C26H57N5. The SMILES string of the molecule is CC(C)N(C)C.CC(C)N1CCCCC1.CC(C)n1ccnc1.CCN(CC)C(C)C. The zero-order chi connectivity index (χ0) is 24.4. The van der Waals surface area contributed by atoms with E-state index in [4.69, 9.17) is 0 Å². The van der Waals surface area contributed by atoms with Crippen molar-refractivity contribution in [2.75, 3.05) is 40.3 Å². The quantitative estimate of drug-likeness (QED) is 0.540. The summed E-state index contributed by atoms with van der Waals surface area (Å²) in [6.07, 6.45) is 9.86. The van der Waals surface area contributed by atoms with E-state index in [0.717, 1.165) is 6.04 Å². The zero-order valence-corrected chi connectivity index (χ0v) is 23.2. The van der Waals surface area contributed by atoms with Gasteiger partial charge in [0, 0.05) is 36.6 Å². The maximum absolute atomic E-state index is 3.91. The molecule has 0 spiro atoms. The van der Waals surface area contributed by atoms with E-state index in [1.165, 1.54) is 45.4 Å². The Balaban J connectivity index is 0. The van der Waals surface area contributed by atoms with Crippen molar-refractivity contribution in [1.82, 2.24) is 24.3 Å². The summed E-state index contributed by atoms with van der Waals surface area (Å²) >= 11 is 0. The van der Waals surface area contributed by atoms with Crippen LogP contribution in [0.25, 0.3) is 0 Å². The Labute approximate surface area is 196 Å². The lowest BCUT2D eigenvalue weighted by Gasteiger charge is -2.29. The van der Waals surface area contributed by atoms with E-state index in [1.54, 1.807) is 6.20 Å². The molecule has 5 nitrogen and oxygen atoms in total. The lowest BCUT2D eigenvalue weighted by atomic mass is 10.1. The molecular weight excluding hydrogens is 382 g/mol. The second kappa shape index (κ2) is 19.8. The van der Waals surface area contributed by atoms with Crippen LogP contribution in [0.5, 0.6) is 0 Å². The molecule has 5 heteroatoms. The first-order chi connectivity index (χ1) is 14.5. The second-order valence-corrected chi connectivity index (χ2v) is 9.67. The molecule has 0 saturated carbocycles. The van der Waals surface area contributed by atoms with Crippen molar-refractivity contribution in [3.05, 3.63) is 18.7 Å². The predicted molar refractivity (Wildman–Crippen MR) is 140 cm³/mol. The van der Waals surface area contributed by atoms with Crippen LogP contribution in [0.2, 0.25) is 0 Å². The van der Waals surface area contributed by atoms with Crippen LogP contribution in [0.3, 0.4) is 0 Å². The number of piperidine rings is 1. The third-order valence-electron chi connectivity index (χ3n) is 5.82. The van der Waals surface area contributed by atoms with E-state index in [9.17, 15) is 0 Å². The largest absolute Gasteiger partial charge is 0.335 e. The van der Waals surface area contributed by atoms with Crippen molar-refractivity contribution in [2.45, 2.75) is 113 Å². The fourth-order valence-electron chi connectivity index (χ4n) is 2.96. The number of hydrogen-bond acceptors (Lipinski definition) is 4. The predicted octanol–water partition coefficient (Wildman–Crippen LogP) is 6.04. The summed E-state index contributed by atoms with van der Waals surface area (Å²) in [7, 11) is 4.15. The topological polar surface area (TPSA) is 27.5 Å². The molecule has 2 heterocycles. The molecule has 0 bridgehead atoms. The lowest BCUT2D eigenvalue weighted by Crippen LogP contribution is -2.35. The molecule has 0 amide bonds. The Bertz CT molecular complexity index is 450. The van der Waals surface area contributed by atoms with Gasteiger partial charge in [-0.15, -0.1) is 0 Å². The Morgan fingerprint density at radius 3 is 1.42 bits per heavy atom. The molecule has 186 valence electrons. The second-order valence-electron chi connectivity index (χ2n) is 9.67. The summed E-state index contributed by atoms with van der Waals surface area (Å²) in [5.41, 5.74) is 0. The summed E-state index contributed by atoms with van der Waals surface area (Å²) in [6, 6.07) is 2.71. The smallest absolute Gasteiger partial charge is 0.0948 e. The fourth-order valence-corrected chi connectivity index (χ4v) is 2.96. The molecule has 31 heavy (non-hydrogen) atoms. The van der Waals surface area contributed by atoms with Gasteiger partial charge >= 0.3 is 0 Å². The molecule has 0 unspecified atom stereocenters. The average Bonchev–Trinajstić information content (AvgIpc) is 3.26. The number of rotatable bonds is 6. The van der Waals surface area contributed by atoms with Crippen LogP contribution in [0.1, 0.15) is 94.5 Å². The van der Waals surface area contributed by atoms with Crippen molar-refractivity contribution >= 4 is 0 Å². The maximum atomic E-state index is 3.91. The van der Waals surface area contributed by atoms with Crippen LogP contribution >= 0.6 is 0 Å². The molecule has 1 saturated heterocycles. The molecule has 1 aromatic heterocycles. The highest BCUT2D eigenvalue weighted by molar-refractivity contribution is 4.76. The van der Waals surface area contributed by atoms with E-state index in [0.29, 0.717) is 18.1 Å². The summed E-state index contributed by atoms with van der Waals surface area (Å²) in [5.74, 6) is 0. The summed E-state index contributed by atoms with van der Waals surface area (Å²) in [6.45, 7) is 27.0. The van der Waals surface area contributed by atoms with Gasteiger partial charge < -0.3 is 19.3 Å². The summed E-state index contributed by atoms with van der Waals surface area (Å²) < 4.78 is 2.06. The van der Waals surface area contributed by atoms with Crippen LogP contribution in [0, 0.1) is 0 Å². The molecule has 0 radical (unpaired) electrons. The third kappa shape index (κ3) is 18.4. The molecule has 1 aliphatic heterocycles. The molecule has 2 rings (SSSR count). The van der Waals surface area contributed by atoms with Crippen molar-refractivity contribution in [3.8, 4) is 0 Å². The van der Waals surface area contributed by atoms with Crippen LogP contribution < -0.4 is 0 Å². The summed E-state index contributed by atoms with van der Waals surface area (Å²) in [4.78, 5) is 11.0. The fraction of sp³-hybridized carbons (Fsp3) is 0.885. The number of aromatic nitrogens is 2. The van der Waals surface area contributed by atoms with E-state index in [-0.39, 0.29) is 0 Å². The summed E-state index contributed by atoms with van der Waals surface area (Å²) in [5, 5.41) is 0. The highest BCUT2D eigenvalue weighted by Crippen LogP contribution is 2.10. The van der Waals surface area contributed by atoms with Crippen molar-refractivity contribution in [1.29, 1.82) is 0 Å². The molecule has 0 aromatic carbocycles. The first-order valence-electron chi connectivity index (χ1n) is 12.6. The van der Waals surface area contributed by atoms with Gasteiger partial charge in [0.15, 0.2) is 0 Å². The van der Waals surface area contributed by atoms with Gasteiger partial charge in [0.05, 0.1) is 6.33 Å².